The van der Waals surface area contributed by atoms with Crippen molar-refractivity contribution >= 4 is 28.3 Å². The minimum atomic E-state index is -0.206. The summed E-state index contributed by atoms with van der Waals surface area (Å²) in [6.07, 6.45) is 2.73. The molecule has 114 valence electrons. The zero-order valence-electron chi connectivity index (χ0n) is 12.3. The average molecular weight is 315 g/mol. The second-order valence-electron chi connectivity index (χ2n) is 5.27. The summed E-state index contributed by atoms with van der Waals surface area (Å²) in [4.78, 5) is 30.0. The summed E-state index contributed by atoms with van der Waals surface area (Å²) >= 11 is 1.38. The van der Waals surface area contributed by atoms with Crippen molar-refractivity contribution in [1.29, 1.82) is 0 Å². The van der Waals surface area contributed by atoms with Gasteiger partial charge < -0.3 is 10.2 Å². The number of carbonyl (C=O) groups is 2. The van der Waals surface area contributed by atoms with E-state index >= 15 is 0 Å². The lowest BCUT2D eigenvalue weighted by Crippen LogP contribution is -2.40. The number of carbonyl (C=O) groups excluding carboxylic acids is 2. The van der Waals surface area contributed by atoms with Crippen LogP contribution in [0.3, 0.4) is 0 Å². The SMILES string of the molecule is CC(=O)N1CCc2ccccc2C1CC(=O)Nc1nccs1. The molecule has 0 fully saturated rings. The van der Waals surface area contributed by atoms with Gasteiger partial charge in [-0.3, -0.25) is 9.59 Å². The van der Waals surface area contributed by atoms with Crippen LogP contribution in [-0.2, 0) is 16.0 Å². The number of hydrogen-bond donors (Lipinski definition) is 1. The number of anilines is 1. The van der Waals surface area contributed by atoms with Crippen molar-refractivity contribution in [2.75, 3.05) is 11.9 Å². The fourth-order valence-corrected chi connectivity index (χ4v) is 3.42. The molecule has 0 aliphatic carbocycles. The molecule has 0 saturated heterocycles. The summed E-state index contributed by atoms with van der Waals surface area (Å²) in [6.45, 7) is 2.21. The molecule has 1 aromatic carbocycles. The van der Waals surface area contributed by atoms with Crippen LogP contribution in [0.5, 0.6) is 0 Å². The van der Waals surface area contributed by atoms with Crippen molar-refractivity contribution in [3.05, 3.63) is 47.0 Å². The molecule has 0 bridgehead atoms. The number of amides is 2. The molecule has 1 N–H and O–H groups in total. The molecule has 1 unspecified atom stereocenters. The Morgan fingerprint density at radius 1 is 1.41 bits per heavy atom. The molecule has 3 rings (SSSR count). The number of nitrogens with zero attached hydrogens (tertiary/aromatic N) is 2. The van der Waals surface area contributed by atoms with Crippen LogP contribution >= 0.6 is 11.3 Å². The molecule has 0 spiro atoms. The van der Waals surface area contributed by atoms with Crippen molar-refractivity contribution < 1.29 is 9.59 Å². The molecule has 0 saturated carbocycles. The second kappa shape index (κ2) is 6.27. The first-order chi connectivity index (χ1) is 10.6. The van der Waals surface area contributed by atoms with Crippen LogP contribution in [0.15, 0.2) is 35.8 Å². The number of aromatic nitrogens is 1. The molecule has 1 aliphatic heterocycles. The van der Waals surface area contributed by atoms with Crippen molar-refractivity contribution in [2.24, 2.45) is 0 Å². The lowest BCUT2D eigenvalue weighted by atomic mass is 9.90. The lowest BCUT2D eigenvalue weighted by molar-refractivity contribution is -0.132. The van der Waals surface area contributed by atoms with Crippen LogP contribution in [0.1, 0.15) is 30.5 Å². The summed E-state index contributed by atoms with van der Waals surface area (Å²) in [6, 6.07) is 7.82. The van der Waals surface area contributed by atoms with Gasteiger partial charge in [-0.2, -0.15) is 0 Å². The second-order valence-corrected chi connectivity index (χ2v) is 6.16. The molecular weight excluding hydrogens is 298 g/mol. The van der Waals surface area contributed by atoms with Gasteiger partial charge in [0.2, 0.25) is 11.8 Å². The number of rotatable bonds is 3. The third kappa shape index (κ3) is 3.01. The molecule has 6 heteroatoms. The Labute approximate surface area is 133 Å². The van der Waals surface area contributed by atoms with Crippen LogP contribution in [0.25, 0.3) is 0 Å². The number of hydrogen-bond acceptors (Lipinski definition) is 4. The number of fused-ring (bicyclic) bond motifs is 1. The van der Waals surface area contributed by atoms with E-state index in [1.54, 1.807) is 18.0 Å². The zero-order chi connectivity index (χ0) is 15.5. The number of thiazole rings is 1. The maximum absolute atomic E-state index is 12.3. The molecule has 1 aromatic heterocycles. The van der Waals surface area contributed by atoms with Gasteiger partial charge in [0.05, 0.1) is 12.5 Å². The first kappa shape index (κ1) is 14.7. The molecular formula is C16H17N3O2S. The molecule has 1 aliphatic rings. The summed E-state index contributed by atoms with van der Waals surface area (Å²) in [5.41, 5.74) is 2.28. The summed E-state index contributed by atoms with van der Waals surface area (Å²) < 4.78 is 0. The highest BCUT2D eigenvalue weighted by Crippen LogP contribution is 2.32. The third-order valence-electron chi connectivity index (χ3n) is 3.87. The standard InChI is InChI=1S/C16H17N3O2S/c1-11(20)19-8-6-12-4-2-3-5-13(12)14(19)10-15(21)18-16-17-7-9-22-16/h2-5,7,9,14H,6,8,10H2,1H3,(H,17,18,21). The van der Waals surface area contributed by atoms with Gasteiger partial charge in [-0.1, -0.05) is 24.3 Å². The van der Waals surface area contributed by atoms with Gasteiger partial charge in [-0.05, 0) is 17.5 Å². The van der Waals surface area contributed by atoms with Crippen molar-refractivity contribution in [1.82, 2.24) is 9.88 Å². The average Bonchev–Trinajstić information content (AvgIpc) is 3.00. The van der Waals surface area contributed by atoms with Crippen LogP contribution in [0.2, 0.25) is 0 Å². The van der Waals surface area contributed by atoms with E-state index in [0.29, 0.717) is 11.7 Å². The van der Waals surface area contributed by atoms with E-state index in [1.807, 2.05) is 23.6 Å². The minimum Gasteiger partial charge on any atom is -0.335 e. The first-order valence-electron chi connectivity index (χ1n) is 7.19. The molecule has 0 radical (unpaired) electrons. The van der Waals surface area contributed by atoms with E-state index < -0.39 is 0 Å². The Kier molecular flexibility index (Phi) is 4.20. The molecule has 2 heterocycles. The van der Waals surface area contributed by atoms with Gasteiger partial charge in [0.15, 0.2) is 5.13 Å². The molecule has 2 amide bonds. The summed E-state index contributed by atoms with van der Waals surface area (Å²) in [5.74, 6) is -0.121. The van der Waals surface area contributed by atoms with E-state index in [1.165, 1.54) is 16.9 Å². The van der Waals surface area contributed by atoms with Crippen LogP contribution < -0.4 is 5.32 Å². The monoisotopic (exact) mass is 315 g/mol. The van der Waals surface area contributed by atoms with Gasteiger partial charge in [0.1, 0.15) is 0 Å². The maximum atomic E-state index is 12.3. The van der Waals surface area contributed by atoms with E-state index in [2.05, 4.69) is 16.4 Å². The van der Waals surface area contributed by atoms with E-state index in [0.717, 1.165) is 12.0 Å². The summed E-state index contributed by atoms with van der Waals surface area (Å²) in [5, 5.41) is 5.19. The Bertz CT molecular complexity index is 684. The van der Waals surface area contributed by atoms with E-state index in [9.17, 15) is 9.59 Å². The zero-order valence-corrected chi connectivity index (χ0v) is 13.1. The van der Waals surface area contributed by atoms with Gasteiger partial charge in [0, 0.05) is 25.0 Å². The normalized spacial score (nSPS) is 17.0. The first-order valence-corrected chi connectivity index (χ1v) is 8.07. The smallest absolute Gasteiger partial charge is 0.228 e. The van der Waals surface area contributed by atoms with Crippen molar-refractivity contribution in [2.45, 2.75) is 25.8 Å². The Morgan fingerprint density at radius 3 is 2.95 bits per heavy atom. The highest BCUT2D eigenvalue weighted by molar-refractivity contribution is 7.13. The van der Waals surface area contributed by atoms with Crippen molar-refractivity contribution in [3.63, 3.8) is 0 Å². The van der Waals surface area contributed by atoms with Crippen molar-refractivity contribution in [3.8, 4) is 0 Å². The fourth-order valence-electron chi connectivity index (χ4n) is 2.88. The molecule has 1 atom stereocenters. The largest absolute Gasteiger partial charge is 0.335 e. The van der Waals surface area contributed by atoms with Gasteiger partial charge in [0.25, 0.3) is 0 Å². The minimum absolute atomic E-state index is 0.00144. The predicted octanol–water partition coefficient (Wildman–Crippen LogP) is 2.62. The van der Waals surface area contributed by atoms with Gasteiger partial charge >= 0.3 is 0 Å². The van der Waals surface area contributed by atoms with Gasteiger partial charge in [-0.25, -0.2) is 4.98 Å². The number of nitrogens with one attached hydrogen (secondary N) is 1. The molecule has 22 heavy (non-hydrogen) atoms. The van der Waals surface area contributed by atoms with E-state index in [4.69, 9.17) is 0 Å². The highest BCUT2D eigenvalue weighted by Gasteiger charge is 2.30. The summed E-state index contributed by atoms with van der Waals surface area (Å²) in [7, 11) is 0. The fraction of sp³-hybridized carbons (Fsp3) is 0.312. The molecule has 2 aromatic rings. The molecule has 5 nitrogen and oxygen atoms in total. The van der Waals surface area contributed by atoms with Crippen LogP contribution in [0.4, 0.5) is 5.13 Å². The van der Waals surface area contributed by atoms with Gasteiger partial charge in [-0.15, -0.1) is 11.3 Å². The highest BCUT2D eigenvalue weighted by atomic mass is 32.1. The number of benzene rings is 1. The quantitative estimate of drug-likeness (QED) is 0.947. The topological polar surface area (TPSA) is 62.3 Å². The predicted molar refractivity (Wildman–Crippen MR) is 85.6 cm³/mol. The third-order valence-corrected chi connectivity index (χ3v) is 4.56. The van der Waals surface area contributed by atoms with Crippen LogP contribution in [0, 0.1) is 0 Å². The van der Waals surface area contributed by atoms with Crippen LogP contribution in [-0.4, -0.2) is 28.2 Å². The Morgan fingerprint density at radius 2 is 2.23 bits per heavy atom. The Balaban J connectivity index is 1.81. The Hall–Kier alpha value is -2.21. The van der Waals surface area contributed by atoms with E-state index in [-0.39, 0.29) is 24.3 Å². The lowest BCUT2D eigenvalue weighted by Gasteiger charge is -2.36. The maximum Gasteiger partial charge on any atom is 0.228 e.